The number of hydrogen-bond donors (Lipinski definition) is 1. The molecule has 30 heavy (non-hydrogen) atoms. The number of non-ortho nitro benzene ring substituents is 1. The van der Waals surface area contributed by atoms with Gasteiger partial charge in [-0.3, -0.25) is 14.9 Å². The fourth-order valence-corrected chi connectivity index (χ4v) is 3.96. The molecule has 0 amide bonds. The Morgan fingerprint density at radius 1 is 1.37 bits per heavy atom. The van der Waals surface area contributed by atoms with Gasteiger partial charge in [-0.1, -0.05) is 6.07 Å². The summed E-state index contributed by atoms with van der Waals surface area (Å²) in [5.74, 6) is -0.979. The maximum Gasteiger partial charge on any atom is 0.307 e. The maximum absolute atomic E-state index is 12.8. The largest absolute Gasteiger partial charge is 0.481 e. The molecule has 2 heterocycles. The first-order valence-corrected chi connectivity index (χ1v) is 9.99. The van der Waals surface area contributed by atoms with Crippen molar-refractivity contribution < 1.29 is 23.2 Å². The zero-order chi connectivity index (χ0) is 22.1. The average Bonchev–Trinajstić information content (AvgIpc) is 3.07. The third kappa shape index (κ3) is 4.12. The van der Waals surface area contributed by atoms with E-state index in [4.69, 9.17) is 5.11 Å². The molecule has 0 unspecified atom stereocenters. The van der Waals surface area contributed by atoms with Gasteiger partial charge in [-0.05, 0) is 30.2 Å². The summed E-state index contributed by atoms with van der Waals surface area (Å²) in [4.78, 5) is 21.0. The van der Waals surface area contributed by atoms with Gasteiger partial charge in [-0.25, -0.2) is 4.52 Å². The second-order valence-electron chi connectivity index (χ2n) is 6.43. The first-order valence-electron chi connectivity index (χ1n) is 8.55. The molecular weight excluding hydrogens is 414 g/mol. The summed E-state index contributed by atoms with van der Waals surface area (Å²) in [6.45, 7) is 1.53. The first kappa shape index (κ1) is 20.9. The molecule has 156 valence electrons. The van der Waals surface area contributed by atoms with Crippen molar-refractivity contribution in [3.8, 4) is 0 Å². The van der Waals surface area contributed by atoms with Crippen LogP contribution < -0.4 is 0 Å². The van der Waals surface area contributed by atoms with Crippen molar-refractivity contribution in [1.29, 1.82) is 0 Å². The lowest BCUT2D eigenvalue weighted by Gasteiger charge is -2.15. The standard InChI is InChI=1S/C18H17N5O6S/c1-12-3-4-15(23(26)27)9-17(12)30(28,29)21(2)19-10-14-11-20-22-6-5-13(7-16(14)22)8-18(24)25/h3-7,9-11H,8H2,1-2H3,(H,24,25). The van der Waals surface area contributed by atoms with Crippen LogP contribution in [0.3, 0.4) is 0 Å². The highest BCUT2D eigenvalue weighted by atomic mass is 32.2. The number of nitro benzene ring substituents is 1. The second kappa shape index (κ2) is 7.91. The van der Waals surface area contributed by atoms with Crippen molar-refractivity contribution in [1.82, 2.24) is 14.0 Å². The van der Waals surface area contributed by atoms with E-state index in [0.717, 1.165) is 6.07 Å². The summed E-state index contributed by atoms with van der Waals surface area (Å²) in [5.41, 5.74) is 1.58. The van der Waals surface area contributed by atoms with E-state index in [-0.39, 0.29) is 17.0 Å². The molecule has 0 aliphatic rings. The molecule has 0 saturated heterocycles. The molecule has 1 N–H and O–H groups in total. The number of hydrogen-bond acceptors (Lipinski definition) is 7. The Balaban J connectivity index is 1.93. The summed E-state index contributed by atoms with van der Waals surface area (Å²) in [5, 5.41) is 28.0. The fraction of sp³-hybridized carbons (Fsp3) is 0.167. The van der Waals surface area contributed by atoms with E-state index in [1.54, 1.807) is 18.3 Å². The highest BCUT2D eigenvalue weighted by Crippen LogP contribution is 2.24. The number of fused-ring (bicyclic) bond motifs is 1. The van der Waals surface area contributed by atoms with Crippen molar-refractivity contribution in [2.24, 2.45) is 5.10 Å². The molecule has 0 radical (unpaired) electrons. The normalized spacial score (nSPS) is 11.8. The monoisotopic (exact) mass is 431 g/mol. The Morgan fingerprint density at radius 3 is 2.77 bits per heavy atom. The van der Waals surface area contributed by atoms with Gasteiger partial charge in [0.2, 0.25) is 0 Å². The highest BCUT2D eigenvalue weighted by molar-refractivity contribution is 7.89. The Labute approximate surface area is 171 Å². The first-order chi connectivity index (χ1) is 14.1. The van der Waals surface area contributed by atoms with Crippen LogP contribution in [0.15, 0.2) is 52.7 Å². The minimum absolute atomic E-state index is 0.168. The quantitative estimate of drug-likeness (QED) is 0.341. The van der Waals surface area contributed by atoms with Gasteiger partial charge in [-0.2, -0.15) is 23.0 Å². The molecule has 0 bridgehead atoms. The Morgan fingerprint density at radius 2 is 2.10 bits per heavy atom. The molecule has 1 aromatic carbocycles. The van der Waals surface area contributed by atoms with Gasteiger partial charge >= 0.3 is 5.97 Å². The number of pyridine rings is 1. The molecule has 2 aromatic heterocycles. The minimum atomic E-state index is -4.13. The second-order valence-corrected chi connectivity index (χ2v) is 8.34. The molecule has 0 fully saturated rings. The van der Waals surface area contributed by atoms with Crippen LogP contribution in [0.1, 0.15) is 16.7 Å². The van der Waals surface area contributed by atoms with Crippen molar-refractivity contribution >= 4 is 33.4 Å². The minimum Gasteiger partial charge on any atom is -0.481 e. The molecule has 12 heteroatoms. The molecule has 0 aliphatic heterocycles. The smallest absolute Gasteiger partial charge is 0.307 e. The molecule has 0 aliphatic carbocycles. The number of aromatic nitrogens is 2. The topological polar surface area (TPSA) is 147 Å². The lowest BCUT2D eigenvalue weighted by Crippen LogP contribution is -2.22. The maximum atomic E-state index is 12.8. The van der Waals surface area contributed by atoms with E-state index < -0.39 is 20.9 Å². The summed E-state index contributed by atoms with van der Waals surface area (Å²) in [7, 11) is -2.92. The van der Waals surface area contributed by atoms with Gasteiger partial charge in [0, 0.05) is 30.9 Å². The average molecular weight is 431 g/mol. The number of rotatable bonds is 7. The highest BCUT2D eigenvalue weighted by Gasteiger charge is 2.24. The third-order valence-corrected chi connectivity index (χ3v) is 6.12. The van der Waals surface area contributed by atoms with Gasteiger partial charge in [-0.15, -0.1) is 0 Å². The van der Waals surface area contributed by atoms with Crippen LogP contribution in [0.5, 0.6) is 0 Å². The number of carbonyl (C=O) groups is 1. The Hall–Kier alpha value is -3.80. The van der Waals surface area contributed by atoms with Gasteiger partial charge in [0.25, 0.3) is 15.7 Å². The van der Waals surface area contributed by atoms with Gasteiger partial charge in [0.1, 0.15) is 0 Å². The summed E-state index contributed by atoms with van der Waals surface area (Å²) in [6.07, 6.45) is 4.16. The Kier molecular flexibility index (Phi) is 5.52. The number of nitro groups is 1. The molecule has 3 rings (SSSR count). The fourth-order valence-electron chi connectivity index (χ4n) is 2.76. The Bertz CT molecular complexity index is 1280. The van der Waals surface area contributed by atoms with E-state index in [0.29, 0.717) is 26.6 Å². The zero-order valence-electron chi connectivity index (χ0n) is 16.0. The van der Waals surface area contributed by atoms with E-state index in [2.05, 4.69) is 10.2 Å². The molecule has 0 saturated carbocycles. The van der Waals surface area contributed by atoms with Crippen molar-refractivity contribution in [2.75, 3.05) is 7.05 Å². The van der Waals surface area contributed by atoms with Crippen LogP contribution in [0.25, 0.3) is 5.52 Å². The number of nitrogens with zero attached hydrogens (tertiary/aromatic N) is 5. The number of benzene rings is 1. The lowest BCUT2D eigenvalue weighted by atomic mass is 10.1. The van der Waals surface area contributed by atoms with Crippen molar-refractivity contribution in [2.45, 2.75) is 18.2 Å². The van der Waals surface area contributed by atoms with Crippen LogP contribution in [-0.4, -0.2) is 51.7 Å². The number of sulfonamides is 1. The third-order valence-electron chi connectivity index (χ3n) is 4.34. The van der Waals surface area contributed by atoms with Crippen LogP contribution >= 0.6 is 0 Å². The van der Waals surface area contributed by atoms with Crippen LogP contribution in [0, 0.1) is 17.0 Å². The van der Waals surface area contributed by atoms with Crippen LogP contribution in [0.4, 0.5) is 5.69 Å². The molecule has 0 spiro atoms. The number of aryl methyl sites for hydroxylation is 1. The van der Waals surface area contributed by atoms with E-state index in [1.165, 1.54) is 43.0 Å². The van der Waals surface area contributed by atoms with Gasteiger partial charge in [0.15, 0.2) is 0 Å². The summed E-state index contributed by atoms with van der Waals surface area (Å²) in [6, 6.07) is 6.83. The van der Waals surface area contributed by atoms with Crippen LogP contribution in [-0.2, 0) is 21.2 Å². The number of hydrazone groups is 1. The molecule has 3 aromatic rings. The summed E-state index contributed by atoms with van der Waals surface area (Å²) >= 11 is 0. The number of aliphatic carboxylic acids is 1. The summed E-state index contributed by atoms with van der Waals surface area (Å²) < 4.78 is 27.9. The SMILES string of the molecule is Cc1ccc([N+](=O)[O-])cc1S(=O)(=O)N(C)N=Cc1cnn2ccc(CC(=O)O)cc12. The molecule has 11 nitrogen and oxygen atoms in total. The van der Waals surface area contributed by atoms with E-state index in [1.807, 2.05) is 0 Å². The predicted molar refractivity (Wildman–Crippen MR) is 107 cm³/mol. The van der Waals surface area contributed by atoms with E-state index >= 15 is 0 Å². The van der Waals surface area contributed by atoms with Gasteiger partial charge in [0.05, 0.1) is 34.2 Å². The zero-order valence-corrected chi connectivity index (χ0v) is 16.8. The van der Waals surface area contributed by atoms with Crippen molar-refractivity contribution in [3.63, 3.8) is 0 Å². The lowest BCUT2D eigenvalue weighted by molar-refractivity contribution is -0.385. The number of carboxylic acids is 1. The predicted octanol–water partition coefficient (Wildman–Crippen LogP) is 1.83. The number of carboxylic acid groups (broad SMARTS) is 1. The van der Waals surface area contributed by atoms with E-state index in [9.17, 15) is 23.3 Å². The van der Waals surface area contributed by atoms with Crippen LogP contribution in [0.2, 0.25) is 0 Å². The van der Waals surface area contributed by atoms with Crippen molar-refractivity contribution in [3.05, 3.63) is 69.5 Å². The van der Waals surface area contributed by atoms with Gasteiger partial charge < -0.3 is 5.11 Å². The molecular formula is C18H17N5O6S. The molecule has 0 atom stereocenters.